The molecule has 122 valence electrons. The van der Waals surface area contributed by atoms with Crippen LogP contribution < -0.4 is 5.73 Å². The molecule has 22 heavy (non-hydrogen) atoms. The van der Waals surface area contributed by atoms with E-state index in [1.807, 2.05) is 32.9 Å². The van der Waals surface area contributed by atoms with Crippen molar-refractivity contribution in [1.29, 1.82) is 0 Å². The molecule has 5 nitrogen and oxygen atoms in total. The number of ether oxygens (including phenoxy) is 1. The zero-order chi connectivity index (χ0) is 16.3. The number of hydrogen-bond donors (Lipinski definition) is 2. The van der Waals surface area contributed by atoms with Crippen molar-refractivity contribution in [2.45, 2.75) is 38.7 Å². The molecular formula is C17H26N2O3. The lowest BCUT2D eigenvalue weighted by atomic mass is 9.85. The maximum atomic E-state index is 12.1. The first-order valence-electron chi connectivity index (χ1n) is 7.77. The minimum Gasteiger partial charge on any atom is -0.508 e. The number of likely N-dealkylation sites (tertiary alicyclic amines) is 1. The minimum absolute atomic E-state index is 0.188. The number of nitrogens with two attached hydrogens (primary N) is 1. The summed E-state index contributed by atoms with van der Waals surface area (Å²) in [7, 11) is 0. The fourth-order valence-electron chi connectivity index (χ4n) is 2.93. The van der Waals surface area contributed by atoms with Gasteiger partial charge in [0, 0.05) is 19.0 Å². The molecule has 1 aliphatic heterocycles. The SMILES string of the molecule is CC(C)(C)OC(=O)N1CCC(C(CN)c2ccc(O)cc2)C1. The van der Waals surface area contributed by atoms with Crippen LogP contribution in [0.1, 0.15) is 38.7 Å². The van der Waals surface area contributed by atoms with Gasteiger partial charge in [0.05, 0.1) is 0 Å². The van der Waals surface area contributed by atoms with Crippen molar-refractivity contribution in [3.05, 3.63) is 29.8 Å². The molecule has 1 fully saturated rings. The largest absolute Gasteiger partial charge is 0.508 e. The van der Waals surface area contributed by atoms with Crippen LogP contribution in [0.3, 0.4) is 0 Å². The molecule has 0 radical (unpaired) electrons. The van der Waals surface area contributed by atoms with Crippen LogP contribution in [0.5, 0.6) is 5.75 Å². The predicted octanol–water partition coefficient (Wildman–Crippen LogP) is 2.69. The van der Waals surface area contributed by atoms with Gasteiger partial charge in [-0.1, -0.05) is 12.1 Å². The fraction of sp³-hybridized carbons (Fsp3) is 0.588. The highest BCUT2D eigenvalue weighted by molar-refractivity contribution is 5.68. The molecule has 0 aliphatic carbocycles. The normalized spacial score (nSPS) is 20.0. The second-order valence-corrected chi connectivity index (χ2v) is 6.91. The Morgan fingerprint density at radius 3 is 2.59 bits per heavy atom. The van der Waals surface area contributed by atoms with E-state index in [4.69, 9.17) is 10.5 Å². The van der Waals surface area contributed by atoms with Crippen molar-refractivity contribution >= 4 is 6.09 Å². The summed E-state index contributed by atoms with van der Waals surface area (Å²) in [4.78, 5) is 13.9. The molecule has 0 aromatic heterocycles. The van der Waals surface area contributed by atoms with Crippen molar-refractivity contribution in [2.24, 2.45) is 11.7 Å². The Bertz CT molecular complexity index is 508. The average Bonchev–Trinajstić information content (AvgIpc) is 2.89. The second kappa shape index (κ2) is 6.57. The molecule has 1 heterocycles. The van der Waals surface area contributed by atoms with Gasteiger partial charge in [-0.2, -0.15) is 0 Å². The number of amides is 1. The van der Waals surface area contributed by atoms with Crippen molar-refractivity contribution in [3.63, 3.8) is 0 Å². The van der Waals surface area contributed by atoms with Gasteiger partial charge in [0.2, 0.25) is 0 Å². The van der Waals surface area contributed by atoms with E-state index in [2.05, 4.69) is 0 Å². The van der Waals surface area contributed by atoms with Crippen LogP contribution in [-0.4, -0.2) is 41.3 Å². The zero-order valence-electron chi connectivity index (χ0n) is 13.6. The Kier molecular flexibility index (Phi) is 4.96. The topological polar surface area (TPSA) is 75.8 Å². The molecule has 2 rings (SSSR count). The smallest absolute Gasteiger partial charge is 0.410 e. The molecule has 5 heteroatoms. The van der Waals surface area contributed by atoms with Crippen LogP contribution in [0.15, 0.2) is 24.3 Å². The Hall–Kier alpha value is -1.75. The van der Waals surface area contributed by atoms with Gasteiger partial charge < -0.3 is 20.5 Å². The van der Waals surface area contributed by atoms with E-state index in [1.165, 1.54) is 0 Å². The van der Waals surface area contributed by atoms with E-state index in [9.17, 15) is 9.90 Å². The maximum Gasteiger partial charge on any atom is 0.410 e. The zero-order valence-corrected chi connectivity index (χ0v) is 13.6. The molecule has 1 aromatic rings. The quantitative estimate of drug-likeness (QED) is 0.900. The van der Waals surface area contributed by atoms with E-state index in [1.54, 1.807) is 17.0 Å². The van der Waals surface area contributed by atoms with Gasteiger partial charge in [0.25, 0.3) is 0 Å². The van der Waals surface area contributed by atoms with E-state index in [0.29, 0.717) is 25.6 Å². The highest BCUT2D eigenvalue weighted by atomic mass is 16.6. The number of carbonyl (C=O) groups is 1. The standard InChI is InChI=1S/C17H26N2O3/c1-17(2,3)22-16(21)19-9-8-13(11-19)15(10-18)12-4-6-14(20)7-5-12/h4-7,13,15,20H,8-11,18H2,1-3H3. The Morgan fingerprint density at radius 1 is 1.41 bits per heavy atom. The Balaban J connectivity index is 2.01. The highest BCUT2D eigenvalue weighted by Crippen LogP contribution is 2.32. The third-order valence-electron chi connectivity index (χ3n) is 4.02. The van der Waals surface area contributed by atoms with E-state index in [0.717, 1.165) is 12.0 Å². The van der Waals surface area contributed by atoms with E-state index >= 15 is 0 Å². The van der Waals surface area contributed by atoms with Crippen LogP contribution in [0, 0.1) is 5.92 Å². The van der Waals surface area contributed by atoms with Crippen LogP contribution in [0.2, 0.25) is 0 Å². The third kappa shape index (κ3) is 4.13. The van der Waals surface area contributed by atoms with Crippen molar-refractivity contribution in [3.8, 4) is 5.75 Å². The number of carbonyl (C=O) groups excluding carboxylic acids is 1. The summed E-state index contributed by atoms with van der Waals surface area (Å²) in [6, 6.07) is 7.17. The molecule has 0 saturated carbocycles. The summed E-state index contributed by atoms with van der Waals surface area (Å²) in [5, 5.41) is 9.40. The fourth-order valence-corrected chi connectivity index (χ4v) is 2.93. The van der Waals surface area contributed by atoms with E-state index in [-0.39, 0.29) is 17.8 Å². The lowest BCUT2D eigenvalue weighted by Gasteiger charge is -2.26. The Labute approximate surface area is 132 Å². The number of hydrogen-bond acceptors (Lipinski definition) is 4. The molecule has 0 spiro atoms. The molecule has 1 aliphatic rings. The first-order chi connectivity index (χ1) is 10.3. The van der Waals surface area contributed by atoms with Crippen LogP contribution in [0.25, 0.3) is 0 Å². The number of phenols is 1. The number of aromatic hydroxyl groups is 1. The maximum absolute atomic E-state index is 12.1. The predicted molar refractivity (Wildman–Crippen MR) is 85.8 cm³/mol. The van der Waals surface area contributed by atoms with Gasteiger partial charge in [-0.05, 0) is 57.4 Å². The van der Waals surface area contributed by atoms with Gasteiger partial charge in [-0.25, -0.2) is 4.79 Å². The summed E-state index contributed by atoms with van der Waals surface area (Å²) in [6.07, 6.45) is 0.665. The minimum atomic E-state index is -0.473. The summed E-state index contributed by atoms with van der Waals surface area (Å²) < 4.78 is 5.43. The van der Waals surface area contributed by atoms with Gasteiger partial charge in [-0.15, -0.1) is 0 Å². The van der Waals surface area contributed by atoms with Gasteiger partial charge in [-0.3, -0.25) is 0 Å². The monoisotopic (exact) mass is 306 g/mol. The Morgan fingerprint density at radius 2 is 2.05 bits per heavy atom. The summed E-state index contributed by atoms with van der Waals surface area (Å²) in [5.74, 6) is 0.761. The number of rotatable bonds is 3. The van der Waals surface area contributed by atoms with Gasteiger partial charge in [0.15, 0.2) is 0 Å². The van der Waals surface area contributed by atoms with Gasteiger partial charge in [0.1, 0.15) is 11.4 Å². The summed E-state index contributed by atoms with van der Waals surface area (Å²) in [6.45, 7) is 7.51. The highest BCUT2D eigenvalue weighted by Gasteiger charge is 2.34. The molecular weight excluding hydrogens is 280 g/mol. The van der Waals surface area contributed by atoms with Crippen molar-refractivity contribution < 1.29 is 14.6 Å². The van der Waals surface area contributed by atoms with Gasteiger partial charge >= 0.3 is 6.09 Å². The molecule has 0 bridgehead atoms. The van der Waals surface area contributed by atoms with Crippen molar-refractivity contribution in [1.82, 2.24) is 4.90 Å². The summed E-state index contributed by atoms with van der Waals surface area (Å²) in [5.41, 5.74) is 6.58. The lowest BCUT2D eigenvalue weighted by Crippen LogP contribution is -2.36. The molecule has 3 N–H and O–H groups in total. The molecule has 2 atom stereocenters. The molecule has 1 amide bonds. The molecule has 1 saturated heterocycles. The third-order valence-corrected chi connectivity index (χ3v) is 4.02. The van der Waals surface area contributed by atoms with Crippen LogP contribution >= 0.6 is 0 Å². The number of phenolic OH excluding ortho intramolecular Hbond substituents is 1. The molecule has 2 unspecified atom stereocenters. The second-order valence-electron chi connectivity index (χ2n) is 6.91. The number of nitrogens with zero attached hydrogens (tertiary/aromatic N) is 1. The average molecular weight is 306 g/mol. The number of benzene rings is 1. The first-order valence-corrected chi connectivity index (χ1v) is 7.77. The lowest BCUT2D eigenvalue weighted by molar-refractivity contribution is 0.0286. The summed E-state index contributed by atoms with van der Waals surface area (Å²) >= 11 is 0. The van der Waals surface area contributed by atoms with Crippen LogP contribution in [0.4, 0.5) is 4.79 Å². The van der Waals surface area contributed by atoms with Crippen molar-refractivity contribution in [2.75, 3.05) is 19.6 Å². The molecule has 1 aromatic carbocycles. The van der Waals surface area contributed by atoms with Crippen LogP contribution in [-0.2, 0) is 4.74 Å². The first kappa shape index (κ1) is 16.6. The van der Waals surface area contributed by atoms with E-state index < -0.39 is 5.60 Å².